The first-order chi connectivity index (χ1) is 31.0. The zero-order valence-electron chi connectivity index (χ0n) is 41.1. The van der Waals surface area contributed by atoms with Crippen molar-refractivity contribution < 1.29 is 28.6 Å². The van der Waals surface area contributed by atoms with Crippen LogP contribution in [0.15, 0.2) is 85.1 Å². The first-order valence-corrected chi connectivity index (χ1v) is 26.2. The van der Waals surface area contributed by atoms with Crippen molar-refractivity contribution in [1.82, 2.24) is 0 Å². The summed E-state index contributed by atoms with van der Waals surface area (Å²) in [6.07, 6.45) is 65.6. The summed E-state index contributed by atoms with van der Waals surface area (Å²) in [7, 11) is 0. The van der Waals surface area contributed by atoms with Gasteiger partial charge in [0.2, 0.25) is 0 Å². The summed E-state index contributed by atoms with van der Waals surface area (Å²) in [5.74, 6) is -0.955. The van der Waals surface area contributed by atoms with E-state index < -0.39 is 6.10 Å². The average Bonchev–Trinajstić information content (AvgIpc) is 3.28. The van der Waals surface area contributed by atoms with Gasteiger partial charge in [-0.25, -0.2) is 0 Å². The molecule has 360 valence electrons. The maximum atomic E-state index is 12.8. The van der Waals surface area contributed by atoms with Crippen LogP contribution in [-0.4, -0.2) is 37.2 Å². The van der Waals surface area contributed by atoms with Gasteiger partial charge < -0.3 is 14.2 Å². The third-order valence-corrected chi connectivity index (χ3v) is 11.0. The van der Waals surface area contributed by atoms with Crippen molar-refractivity contribution in [3.63, 3.8) is 0 Å². The highest BCUT2D eigenvalue weighted by Gasteiger charge is 2.19. The number of esters is 3. The van der Waals surface area contributed by atoms with Crippen LogP contribution < -0.4 is 0 Å². The van der Waals surface area contributed by atoms with Crippen molar-refractivity contribution in [3.05, 3.63) is 85.1 Å². The van der Waals surface area contributed by atoms with E-state index in [0.29, 0.717) is 19.3 Å². The van der Waals surface area contributed by atoms with Crippen molar-refractivity contribution >= 4 is 17.9 Å². The van der Waals surface area contributed by atoms with E-state index in [1.807, 2.05) is 36.5 Å². The summed E-state index contributed by atoms with van der Waals surface area (Å²) in [5, 5.41) is 0. The zero-order chi connectivity index (χ0) is 45.8. The fourth-order valence-electron chi connectivity index (χ4n) is 7.10. The van der Waals surface area contributed by atoms with Crippen LogP contribution in [-0.2, 0) is 28.6 Å². The standard InChI is InChI=1S/C57H96O6/c1-4-7-10-13-16-19-22-25-27-28-29-30-33-35-38-41-44-47-50-56(59)62-53-54(52-61-55(58)49-46-43-40-37-34-31-24-21-18-15-12-9-6-3)63-57(60)51-48-45-42-39-36-32-26-23-20-17-14-11-8-5-2/h9,12,15,18,21-22,24-25,27-31,34,54H,4-8,10-11,13-14,16-17,19-20,23,26,32-33,35-53H2,1-3H3/b12-9+,18-15+,24-21+,25-22+,28-27+,30-29+,34-31+. The Kier molecular flexibility index (Phi) is 48.5. The Bertz CT molecular complexity index is 1240. The molecule has 0 aliphatic rings. The molecule has 63 heavy (non-hydrogen) atoms. The van der Waals surface area contributed by atoms with E-state index in [-0.39, 0.29) is 31.1 Å². The van der Waals surface area contributed by atoms with Crippen LogP contribution >= 0.6 is 0 Å². The molecule has 0 aromatic rings. The van der Waals surface area contributed by atoms with Crippen molar-refractivity contribution in [3.8, 4) is 0 Å². The number of rotatable bonds is 46. The van der Waals surface area contributed by atoms with E-state index in [9.17, 15) is 14.4 Å². The number of carbonyl (C=O) groups excluding carboxylic acids is 3. The largest absolute Gasteiger partial charge is 0.462 e. The molecule has 0 bridgehead atoms. The van der Waals surface area contributed by atoms with Crippen LogP contribution in [0.1, 0.15) is 239 Å². The van der Waals surface area contributed by atoms with Gasteiger partial charge in [-0.05, 0) is 64.2 Å². The molecule has 0 amide bonds. The quantitative estimate of drug-likeness (QED) is 0.0262. The number of hydrogen-bond acceptors (Lipinski definition) is 6. The van der Waals surface area contributed by atoms with Gasteiger partial charge in [-0.3, -0.25) is 14.4 Å². The van der Waals surface area contributed by atoms with E-state index in [1.165, 1.54) is 103 Å². The molecule has 6 nitrogen and oxygen atoms in total. The minimum Gasteiger partial charge on any atom is -0.462 e. The van der Waals surface area contributed by atoms with Gasteiger partial charge in [-0.15, -0.1) is 0 Å². The van der Waals surface area contributed by atoms with E-state index in [2.05, 4.69) is 69.4 Å². The summed E-state index contributed by atoms with van der Waals surface area (Å²) in [6, 6.07) is 0. The fraction of sp³-hybridized carbons (Fsp3) is 0.702. The molecule has 0 saturated heterocycles. The van der Waals surface area contributed by atoms with Crippen LogP contribution in [0.3, 0.4) is 0 Å². The minimum absolute atomic E-state index is 0.0990. The molecule has 0 fully saturated rings. The summed E-state index contributed by atoms with van der Waals surface area (Å²) in [6.45, 7) is 6.43. The van der Waals surface area contributed by atoms with Crippen molar-refractivity contribution in [1.29, 1.82) is 0 Å². The lowest BCUT2D eigenvalue weighted by Crippen LogP contribution is -2.30. The summed E-state index contributed by atoms with van der Waals surface area (Å²) in [4.78, 5) is 38.0. The molecule has 0 radical (unpaired) electrons. The van der Waals surface area contributed by atoms with Gasteiger partial charge in [0.05, 0.1) is 0 Å². The van der Waals surface area contributed by atoms with E-state index in [1.54, 1.807) is 0 Å². The number of hydrogen-bond donors (Lipinski definition) is 0. The topological polar surface area (TPSA) is 78.9 Å². The Morgan fingerprint density at radius 2 is 0.619 bits per heavy atom. The lowest BCUT2D eigenvalue weighted by atomic mass is 10.0. The summed E-state index contributed by atoms with van der Waals surface area (Å²) >= 11 is 0. The monoisotopic (exact) mass is 877 g/mol. The van der Waals surface area contributed by atoms with Gasteiger partial charge in [0, 0.05) is 19.3 Å². The molecule has 6 heteroatoms. The first kappa shape index (κ1) is 59.6. The molecule has 0 aliphatic heterocycles. The molecule has 1 unspecified atom stereocenters. The molecule has 0 spiro atoms. The van der Waals surface area contributed by atoms with Gasteiger partial charge in [0.25, 0.3) is 0 Å². The molecular formula is C57H96O6. The Morgan fingerprint density at radius 3 is 0.984 bits per heavy atom. The van der Waals surface area contributed by atoms with E-state index in [0.717, 1.165) is 96.3 Å². The molecule has 0 aromatic heterocycles. The Morgan fingerprint density at radius 1 is 0.333 bits per heavy atom. The highest BCUT2D eigenvalue weighted by Crippen LogP contribution is 2.15. The molecular weight excluding hydrogens is 781 g/mol. The highest BCUT2D eigenvalue weighted by molar-refractivity contribution is 5.71. The Labute approximate surface area is 388 Å². The van der Waals surface area contributed by atoms with Gasteiger partial charge in [0.15, 0.2) is 6.10 Å². The van der Waals surface area contributed by atoms with Crippen molar-refractivity contribution in [2.75, 3.05) is 13.2 Å². The Hall–Kier alpha value is -3.41. The number of ether oxygens (including phenoxy) is 3. The van der Waals surface area contributed by atoms with Crippen molar-refractivity contribution in [2.45, 2.75) is 245 Å². The van der Waals surface area contributed by atoms with Crippen LogP contribution in [0.25, 0.3) is 0 Å². The van der Waals surface area contributed by atoms with Crippen LogP contribution in [0.5, 0.6) is 0 Å². The van der Waals surface area contributed by atoms with Gasteiger partial charge in [0.1, 0.15) is 13.2 Å². The molecule has 0 aromatic carbocycles. The summed E-state index contributed by atoms with van der Waals surface area (Å²) < 4.78 is 16.8. The Balaban J connectivity index is 4.46. The smallest absolute Gasteiger partial charge is 0.306 e. The van der Waals surface area contributed by atoms with Crippen LogP contribution in [0.4, 0.5) is 0 Å². The summed E-state index contributed by atoms with van der Waals surface area (Å²) in [5.41, 5.74) is 0. The third-order valence-electron chi connectivity index (χ3n) is 11.0. The number of allylic oxidation sites excluding steroid dienone is 14. The van der Waals surface area contributed by atoms with Crippen LogP contribution in [0, 0.1) is 0 Å². The SMILES string of the molecule is CC/C=C/C=C/C=C/C=C/CCCCCC(=O)OCC(COC(=O)CCCCCCC/C=C/C=C/C=C/CCCCCCC)OC(=O)CCCCCCCCCCCCCCCC. The maximum absolute atomic E-state index is 12.8. The molecule has 0 saturated carbocycles. The predicted octanol–water partition coefficient (Wildman–Crippen LogP) is 17.2. The minimum atomic E-state index is -0.799. The second kappa shape index (κ2) is 51.2. The number of carbonyl (C=O) groups is 3. The molecule has 0 rings (SSSR count). The zero-order valence-corrected chi connectivity index (χ0v) is 41.1. The molecule has 1 atom stereocenters. The lowest BCUT2D eigenvalue weighted by molar-refractivity contribution is -0.167. The van der Waals surface area contributed by atoms with Crippen LogP contribution in [0.2, 0.25) is 0 Å². The third kappa shape index (κ3) is 49.5. The predicted molar refractivity (Wildman–Crippen MR) is 270 cm³/mol. The highest BCUT2D eigenvalue weighted by atomic mass is 16.6. The van der Waals surface area contributed by atoms with Gasteiger partial charge in [-0.1, -0.05) is 241 Å². The van der Waals surface area contributed by atoms with E-state index in [4.69, 9.17) is 14.2 Å². The fourth-order valence-corrected chi connectivity index (χ4v) is 7.10. The normalized spacial score (nSPS) is 12.7. The maximum Gasteiger partial charge on any atom is 0.306 e. The van der Waals surface area contributed by atoms with E-state index >= 15 is 0 Å². The van der Waals surface area contributed by atoms with Gasteiger partial charge in [-0.2, -0.15) is 0 Å². The second-order valence-corrected chi connectivity index (χ2v) is 17.2. The molecule has 0 aliphatic carbocycles. The number of unbranched alkanes of at least 4 members (excludes halogenated alkanes) is 26. The average molecular weight is 877 g/mol. The molecule has 0 N–H and O–H groups in total. The second-order valence-electron chi connectivity index (χ2n) is 17.2. The molecule has 0 heterocycles. The first-order valence-electron chi connectivity index (χ1n) is 26.2. The lowest BCUT2D eigenvalue weighted by Gasteiger charge is -2.18. The van der Waals surface area contributed by atoms with Gasteiger partial charge >= 0.3 is 17.9 Å². The van der Waals surface area contributed by atoms with Crippen molar-refractivity contribution in [2.24, 2.45) is 0 Å².